The molecule has 0 saturated heterocycles. The fraction of sp³-hybridized carbons (Fsp3) is 0.538. The number of rotatable bonds is 6. The molecule has 3 atom stereocenters. The van der Waals surface area contributed by atoms with E-state index in [0.717, 1.165) is 30.7 Å². The maximum atomic E-state index is 13.5. The molecule has 2 aliphatic rings. The number of benzene rings is 1. The molecule has 0 aliphatic heterocycles. The summed E-state index contributed by atoms with van der Waals surface area (Å²) in [6.45, 7) is 5.96. The van der Waals surface area contributed by atoms with Gasteiger partial charge in [0.1, 0.15) is 12.4 Å². The van der Waals surface area contributed by atoms with Crippen LogP contribution in [0.3, 0.4) is 0 Å². The van der Waals surface area contributed by atoms with Crippen LogP contribution in [0.5, 0.6) is 5.88 Å². The Balaban J connectivity index is 1.72. The number of carboxylic acids is 1. The molecule has 1 heterocycles. The number of carboxylic acid groups (broad SMARTS) is 1. The van der Waals surface area contributed by atoms with Crippen LogP contribution < -0.4 is 10.9 Å². The number of carbonyl (C=O) groups is 2. The lowest BCUT2D eigenvalue weighted by Crippen LogP contribution is -2.39. The lowest BCUT2D eigenvalue weighted by Gasteiger charge is -2.43. The summed E-state index contributed by atoms with van der Waals surface area (Å²) in [7, 11) is 0. The summed E-state index contributed by atoms with van der Waals surface area (Å²) in [6.07, 6.45) is 5.32. The van der Waals surface area contributed by atoms with Crippen molar-refractivity contribution in [2.45, 2.75) is 70.8 Å². The molecule has 1 amide bonds. The average Bonchev–Trinajstić information content (AvgIpc) is 2.75. The molecule has 2 aliphatic carbocycles. The van der Waals surface area contributed by atoms with Crippen molar-refractivity contribution >= 4 is 11.9 Å². The number of fused-ring (bicyclic) bond motifs is 1. The Bertz CT molecular complexity index is 1150. The van der Waals surface area contributed by atoms with Crippen molar-refractivity contribution < 1.29 is 19.8 Å². The summed E-state index contributed by atoms with van der Waals surface area (Å²) < 4.78 is 1.49. The van der Waals surface area contributed by atoms with Crippen LogP contribution in [0, 0.1) is 11.8 Å². The summed E-state index contributed by atoms with van der Waals surface area (Å²) in [5.41, 5.74) is 0.884. The van der Waals surface area contributed by atoms with Gasteiger partial charge in [0.05, 0.1) is 6.54 Å². The summed E-state index contributed by atoms with van der Waals surface area (Å²) >= 11 is 0. The van der Waals surface area contributed by atoms with E-state index in [4.69, 9.17) is 5.11 Å². The van der Waals surface area contributed by atoms with E-state index in [2.05, 4.69) is 31.1 Å². The van der Waals surface area contributed by atoms with Crippen LogP contribution in [0.1, 0.15) is 86.1 Å². The van der Waals surface area contributed by atoms with Crippen molar-refractivity contribution in [2.75, 3.05) is 6.54 Å². The number of hydrogen-bond donors (Lipinski definition) is 3. The smallest absolute Gasteiger partial charge is 0.322 e. The van der Waals surface area contributed by atoms with Crippen molar-refractivity contribution in [3.05, 3.63) is 57.1 Å². The molecule has 8 heteroatoms. The predicted molar refractivity (Wildman–Crippen MR) is 127 cm³/mol. The van der Waals surface area contributed by atoms with Crippen LogP contribution in [0.15, 0.2) is 29.1 Å². The number of aliphatic carboxylic acids is 1. The van der Waals surface area contributed by atoms with Crippen LogP contribution in [-0.4, -0.2) is 38.2 Å². The second kappa shape index (κ2) is 9.24. The highest BCUT2D eigenvalue weighted by Gasteiger charge is 2.39. The maximum absolute atomic E-state index is 13.5. The highest BCUT2D eigenvalue weighted by molar-refractivity contribution is 5.97. The van der Waals surface area contributed by atoms with Crippen molar-refractivity contribution in [3.63, 3.8) is 0 Å². The Morgan fingerprint density at radius 3 is 2.29 bits per heavy atom. The van der Waals surface area contributed by atoms with Crippen LogP contribution in [0.4, 0.5) is 0 Å². The number of carbonyl (C=O) groups excluding carboxylic acids is 1. The molecule has 182 valence electrons. The first-order valence-electron chi connectivity index (χ1n) is 12.0. The quantitative estimate of drug-likeness (QED) is 0.599. The zero-order valence-corrected chi connectivity index (χ0v) is 20.0. The summed E-state index contributed by atoms with van der Waals surface area (Å²) in [6, 6.07) is 8.01. The molecular formula is C26H33N3O5. The van der Waals surface area contributed by atoms with Gasteiger partial charge in [-0.15, -0.1) is 0 Å². The zero-order valence-electron chi connectivity index (χ0n) is 20.0. The highest BCUT2D eigenvalue weighted by Crippen LogP contribution is 2.49. The summed E-state index contributed by atoms with van der Waals surface area (Å²) in [5.74, 6) is -0.921. The largest absolute Gasteiger partial charge is 0.493 e. The minimum absolute atomic E-state index is 0.00255. The Hall–Kier alpha value is -3.16. The third-order valence-electron chi connectivity index (χ3n) is 7.38. The normalized spacial score (nSPS) is 21.9. The number of nitrogens with one attached hydrogen (secondary N) is 1. The molecule has 2 aromatic rings. The van der Waals surface area contributed by atoms with E-state index >= 15 is 0 Å². The fourth-order valence-electron chi connectivity index (χ4n) is 5.22. The molecule has 3 N–H and O–H groups in total. The van der Waals surface area contributed by atoms with E-state index < -0.39 is 35.4 Å². The Morgan fingerprint density at radius 1 is 1.09 bits per heavy atom. The number of aromatic nitrogens is 2. The van der Waals surface area contributed by atoms with Gasteiger partial charge in [-0.2, -0.15) is 4.98 Å². The van der Waals surface area contributed by atoms with Gasteiger partial charge >= 0.3 is 5.97 Å². The van der Waals surface area contributed by atoms with Gasteiger partial charge in [-0.05, 0) is 60.5 Å². The van der Waals surface area contributed by atoms with Crippen molar-refractivity contribution in [1.82, 2.24) is 14.9 Å². The summed E-state index contributed by atoms with van der Waals surface area (Å²) in [5, 5.41) is 21.6. The lowest BCUT2D eigenvalue weighted by atomic mass is 9.62. The molecule has 1 aromatic carbocycles. The number of aromatic hydroxyl groups is 1. The molecular weight excluding hydrogens is 434 g/mol. The fourth-order valence-corrected chi connectivity index (χ4v) is 5.22. The molecule has 2 unspecified atom stereocenters. The van der Waals surface area contributed by atoms with Crippen LogP contribution >= 0.6 is 0 Å². The molecule has 34 heavy (non-hydrogen) atoms. The second-order valence-corrected chi connectivity index (χ2v) is 10.7. The molecule has 0 bridgehead atoms. The van der Waals surface area contributed by atoms with Gasteiger partial charge < -0.3 is 15.5 Å². The van der Waals surface area contributed by atoms with E-state index in [9.17, 15) is 19.5 Å². The topological polar surface area (TPSA) is 122 Å². The van der Waals surface area contributed by atoms with E-state index in [1.807, 2.05) is 24.3 Å². The molecule has 0 spiro atoms. The Labute approximate surface area is 199 Å². The lowest BCUT2D eigenvalue weighted by molar-refractivity contribution is -0.135. The first-order valence-corrected chi connectivity index (χ1v) is 12.0. The van der Waals surface area contributed by atoms with Crippen molar-refractivity contribution in [3.8, 4) is 5.88 Å². The zero-order chi connectivity index (χ0) is 24.6. The second-order valence-electron chi connectivity index (χ2n) is 10.7. The van der Waals surface area contributed by atoms with Crippen molar-refractivity contribution in [2.24, 2.45) is 11.8 Å². The third kappa shape index (κ3) is 4.86. The van der Waals surface area contributed by atoms with Crippen molar-refractivity contribution in [1.29, 1.82) is 0 Å². The standard InChI is InChI=1S/C26H33N3O5/c1-26(2,3)19-10-4-15(5-11-19)14-29-22(18-9-7-16-6-8-17(16)12-18)28-24(33)21(25(29)34)23(32)27-13-20(30)31/h4-5,10-11,16-18,33H,6-9,12-14H2,1-3H3,(H,27,32)(H,30,31)/t16?,17-,18?/m0/s1. The van der Waals surface area contributed by atoms with Crippen LogP contribution in [-0.2, 0) is 16.8 Å². The first-order chi connectivity index (χ1) is 16.0. The van der Waals surface area contributed by atoms with Gasteiger partial charge in [-0.1, -0.05) is 45.0 Å². The van der Waals surface area contributed by atoms with E-state index in [1.165, 1.54) is 23.0 Å². The number of hydrogen-bond acceptors (Lipinski definition) is 5. The van der Waals surface area contributed by atoms with Gasteiger partial charge in [0, 0.05) is 5.92 Å². The van der Waals surface area contributed by atoms with E-state index in [0.29, 0.717) is 11.7 Å². The molecule has 1 aromatic heterocycles. The summed E-state index contributed by atoms with van der Waals surface area (Å²) in [4.78, 5) is 41.2. The van der Waals surface area contributed by atoms with Gasteiger partial charge in [-0.3, -0.25) is 19.0 Å². The van der Waals surface area contributed by atoms with E-state index in [1.54, 1.807) is 0 Å². The Morgan fingerprint density at radius 2 is 1.74 bits per heavy atom. The van der Waals surface area contributed by atoms with Gasteiger partial charge in [0.15, 0.2) is 5.56 Å². The van der Waals surface area contributed by atoms with E-state index in [-0.39, 0.29) is 17.9 Å². The third-order valence-corrected chi connectivity index (χ3v) is 7.38. The number of amides is 1. The van der Waals surface area contributed by atoms with Gasteiger partial charge in [0.25, 0.3) is 11.5 Å². The van der Waals surface area contributed by atoms with Gasteiger partial charge in [0.2, 0.25) is 5.88 Å². The Kier molecular flexibility index (Phi) is 6.51. The minimum atomic E-state index is -1.24. The average molecular weight is 468 g/mol. The SMILES string of the molecule is CC(C)(C)c1ccc(Cn2c(C3CCC4CC[C@H]4C3)nc(O)c(C(=O)NCC(=O)O)c2=O)cc1. The first kappa shape index (κ1) is 24.0. The number of nitrogens with zero attached hydrogens (tertiary/aromatic N) is 2. The molecule has 0 radical (unpaired) electrons. The molecule has 2 saturated carbocycles. The molecule has 4 rings (SSSR count). The van der Waals surface area contributed by atoms with Crippen LogP contribution in [0.2, 0.25) is 0 Å². The highest BCUT2D eigenvalue weighted by atomic mass is 16.4. The molecule has 2 fully saturated rings. The molecule has 8 nitrogen and oxygen atoms in total. The minimum Gasteiger partial charge on any atom is -0.493 e. The van der Waals surface area contributed by atoms with Gasteiger partial charge in [-0.25, -0.2) is 0 Å². The van der Waals surface area contributed by atoms with Crippen LogP contribution in [0.25, 0.3) is 0 Å². The maximum Gasteiger partial charge on any atom is 0.322 e. The monoisotopic (exact) mass is 467 g/mol. The predicted octanol–water partition coefficient (Wildman–Crippen LogP) is 3.40.